The van der Waals surface area contributed by atoms with Crippen LogP contribution in [0.3, 0.4) is 0 Å². The highest BCUT2D eigenvalue weighted by molar-refractivity contribution is 7.91. The molecule has 1 aromatic carbocycles. The molecule has 0 bridgehead atoms. The predicted molar refractivity (Wildman–Crippen MR) is 90.1 cm³/mol. The molecule has 0 amide bonds. The van der Waals surface area contributed by atoms with Gasteiger partial charge in [0.1, 0.15) is 5.01 Å². The van der Waals surface area contributed by atoms with Gasteiger partial charge in [0.2, 0.25) is 4.96 Å². The molecular formula is C13H10Cl2N4O2S2. The number of hydrogen-bond donors (Lipinski definition) is 0. The largest absolute Gasteiger partial charge is 0.234 e. The van der Waals surface area contributed by atoms with Gasteiger partial charge in [-0.3, -0.25) is 0 Å². The van der Waals surface area contributed by atoms with Crippen LogP contribution in [0.15, 0.2) is 18.2 Å². The van der Waals surface area contributed by atoms with E-state index in [1.807, 2.05) is 0 Å². The number of halogens is 2. The van der Waals surface area contributed by atoms with Gasteiger partial charge in [0.15, 0.2) is 15.7 Å². The first kappa shape index (κ1) is 15.3. The van der Waals surface area contributed by atoms with E-state index in [0.717, 1.165) is 5.01 Å². The fourth-order valence-corrected chi connectivity index (χ4v) is 5.94. The summed E-state index contributed by atoms with van der Waals surface area (Å²) in [4.78, 5) is 0.616. The Labute approximate surface area is 146 Å². The Hall–Kier alpha value is -1.22. The van der Waals surface area contributed by atoms with Crippen molar-refractivity contribution in [3.05, 3.63) is 33.3 Å². The SMILES string of the molecule is O=S1(=O)CC[C@@H](c2nn3c(-c4ccc(Cl)cc4Cl)nnc3s2)C1. The molecule has 3 heterocycles. The van der Waals surface area contributed by atoms with Gasteiger partial charge in [-0.05, 0) is 24.6 Å². The van der Waals surface area contributed by atoms with Gasteiger partial charge in [0, 0.05) is 16.5 Å². The zero-order valence-corrected chi connectivity index (χ0v) is 14.8. The van der Waals surface area contributed by atoms with Crippen LogP contribution in [-0.2, 0) is 9.84 Å². The molecule has 0 radical (unpaired) electrons. The van der Waals surface area contributed by atoms with Gasteiger partial charge in [0.05, 0.1) is 16.5 Å². The fraction of sp³-hybridized carbons (Fsp3) is 0.308. The predicted octanol–water partition coefficient (Wildman–Crippen LogP) is 3.06. The highest BCUT2D eigenvalue weighted by atomic mass is 35.5. The number of aromatic nitrogens is 4. The molecule has 0 N–H and O–H groups in total. The Morgan fingerprint density at radius 2 is 2.09 bits per heavy atom. The standard InChI is InChI=1S/C13H10Cl2N4O2S2/c14-8-1-2-9(10(15)5-8)11-16-17-13-19(11)18-12(22-13)7-3-4-23(20,21)6-7/h1-2,5,7H,3-4,6H2/t7-/m1/s1. The molecule has 4 rings (SSSR count). The lowest BCUT2D eigenvalue weighted by molar-refractivity contribution is 0.601. The van der Waals surface area contributed by atoms with Crippen molar-refractivity contribution >= 4 is 49.3 Å². The van der Waals surface area contributed by atoms with Crippen LogP contribution in [0.25, 0.3) is 16.3 Å². The quantitative estimate of drug-likeness (QED) is 0.673. The smallest absolute Gasteiger partial charge is 0.229 e. The third-order valence-electron chi connectivity index (χ3n) is 3.76. The Balaban J connectivity index is 1.78. The molecule has 0 saturated carbocycles. The minimum Gasteiger partial charge on any atom is -0.229 e. The number of sulfone groups is 1. The van der Waals surface area contributed by atoms with Crippen LogP contribution in [-0.4, -0.2) is 39.7 Å². The second-order valence-electron chi connectivity index (χ2n) is 5.38. The fourth-order valence-electron chi connectivity index (χ4n) is 2.63. The minimum atomic E-state index is -2.95. The van der Waals surface area contributed by atoms with Crippen molar-refractivity contribution in [3.8, 4) is 11.4 Å². The molecule has 0 aliphatic carbocycles. The number of rotatable bonds is 2. The third-order valence-corrected chi connectivity index (χ3v) is 7.14. The third kappa shape index (κ3) is 2.73. The van der Waals surface area contributed by atoms with E-state index in [4.69, 9.17) is 23.2 Å². The van der Waals surface area contributed by atoms with E-state index in [1.165, 1.54) is 11.3 Å². The van der Waals surface area contributed by atoms with E-state index in [2.05, 4.69) is 15.3 Å². The lowest BCUT2D eigenvalue weighted by Crippen LogP contribution is -2.04. The molecule has 2 aromatic heterocycles. The molecule has 23 heavy (non-hydrogen) atoms. The van der Waals surface area contributed by atoms with E-state index in [-0.39, 0.29) is 17.4 Å². The van der Waals surface area contributed by atoms with Crippen molar-refractivity contribution in [2.45, 2.75) is 12.3 Å². The van der Waals surface area contributed by atoms with Crippen molar-refractivity contribution in [1.29, 1.82) is 0 Å². The first-order chi connectivity index (χ1) is 10.9. The Kier molecular flexibility index (Phi) is 3.60. The maximum Gasteiger partial charge on any atom is 0.234 e. The van der Waals surface area contributed by atoms with Gasteiger partial charge in [-0.25, -0.2) is 8.42 Å². The molecule has 120 valence electrons. The van der Waals surface area contributed by atoms with Gasteiger partial charge in [0.25, 0.3) is 0 Å². The average Bonchev–Trinajstić information content (AvgIpc) is 3.12. The van der Waals surface area contributed by atoms with Gasteiger partial charge in [-0.15, -0.1) is 10.2 Å². The van der Waals surface area contributed by atoms with E-state index >= 15 is 0 Å². The molecular weight excluding hydrogens is 379 g/mol. The summed E-state index contributed by atoms with van der Waals surface area (Å²) in [5, 5.41) is 14.5. The van der Waals surface area contributed by atoms with Gasteiger partial charge >= 0.3 is 0 Å². The van der Waals surface area contributed by atoms with Crippen molar-refractivity contribution in [3.63, 3.8) is 0 Å². The van der Waals surface area contributed by atoms with E-state index in [9.17, 15) is 8.42 Å². The Morgan fingerprint density at radius 3 is 2.78 bits per heavy atom. The summed E-state index contributed by atoms with van der Waals surface area (Å²) in [7, 11) is -2.95. The van der Waals surface area contributed by atoms with Crippen LogP contribution < -0.4 is 0 Å². The Morgan fingerprint density at radius 1 is 1.26 bits per heavy atom. The molecule has 1 fully saturated rings. The maximum absolute atomic E-state index is 11.6. The summed E-state index contributed by atoms with van der Waals surface area (Å²) in [5.74, 6) is 0.812. The van der Waals surface area contributed by atoms with E-state index in [1.54, 1.807) is 22.7 Å². The maximum atomic E-state index is 11.6. The highest BCUT2D eigenvalue weighted by Crippen LogP contribution is 2.34. The first-order valence-corrected chi connectivity index (χ1v) is 10.2. The molecule has 1 atom stereocenters. The summed E-state index contributed by atoms with van der Waals surface area (Å²) in [6.07, 6.45) is 0.601. The number of benzene rings is 1. The zero-order valence-electron chi connectivity index (χ0n) is 11.6. The first-order valence-electron chi connectivity index (χ1n) is 6.81. The number of fused-ring (bicyclic) bond motifs is 1. The molecule has 1 saturated heterocycles. The van der Waals surface area contributed by atoms with Crippen LogP contribution in [0.1, 0.15) is 17.3 Å². The lowest BCUT2D eigenvalue weighted by atomic mass is 10.1. The average molecular weight is 389 g/mol. The Bertz CT molecular complexity index is 1010. The molecule has 3 aromatic rings. The summed E-state index contributed by atoms with van der Waals surface area (Å²) in [6.45, 7) is 0. The minimum absolute atomic E-state index is 0.0692. The lowest BCUT2D eigenvalue weighted by Gasteiger charge is -2.02. The summed E-state index contributed by atoms with van der Waals surface area (Å²) in [6, 6.07) is 5.12. The van der Waals surface area contributed by atoms with Crippen molar-refractivity contribution in [1.82, 2.24) is 19.8 Å². The van der Waals surface area contributed by atoms with Crippen molar-refractivity contribution < 1.29 is 8.42 Å². The van der Waals surface area contributed by atoms with Crippen LogP contribution in [0.5, 0.6) is 0 Å². The normalized spacial score (nSPS) is 20.3. The van der Waals surface area contributed by atoms with Gasteiger partial charge in [-0.2, -0.15) is 9.61 Å². The second kappa shape index (κ2) is 5.41. The van der Waals surface area contributed by atoms with Gasteiger partial charge in [-0.1, -0.05) is 34.5 Å². The van der Waals surface area contributed by atoms with Gasteiger partial charge < -0.3 is 0 Å². The summed E-state index contributed by atoms with van der Waals surface area (Å²) in [5.41, 5.74) is 0.680. The van der Waals surface area contributed by atoms with Crippen LogP contribution in [0, 0.1) is 0 Å². The van der Waals surface area contributed by atoms with Crippen LogP contribution in [0.2, 0.25) is 10.0 Å². The van der Waals surface area contributed by atoms with Crippen LogP contribution >= 0.6 is 34.5 Å². The van der Waals surface area contributed by atoms with Crippen LogP contribution in [0.4, 0.5) is 0 Å². The summed E-state index contributed by atoms with van der Waals surface area (Å²) >= 11 is 13.5. The van der Waals surface area contributed by atoms with Crippen molar-refractivity contribution in [2.24, 2.45) is 0 Å². The van der Waals surface area contributed by atoms with E-state index in [0.29, 0.717) is 32.8 Å². The van der Waals surface area contributed by atoms with Crippen molar-refractivity contribution in [2.75, 3.05) is 11.5 Å². The molecule has 1 aliphatic heterocycles. The topological polar surface area (TPSA) is 77.2 Å². The monoisotopic (exact) mass is 388 g/mol. The number of hydrogen-bond acceptors (Lipinski definition) is 6. The molecule has 6 nitrogen and oxygen atoms in total. The number of nitrogens with zero attached hydrogens (tertiary/aromatic N) is 4. The molecule has 10 heteroatoms. The van der Waals surface area contributed by atoms with E-state index < -0.39 is 9.84 Å². The summed E-state index contributed by atoms with van der Waals surface area (Å²) < 4.78 is 24.9. The zero-order chi connectivity index (χ0) is 16.2. The molecule has 0 unspecified atom stereocenters. The highest BCUT2D eigenvalue weighted by Gasteiger charge is 2.32. The molecule has 0 spiro atoms. The second-order valence-corrected chi connectivity index (χ2v) is 9.44. The molecule has 1 aliphatic rings.